The fourth-order valence-electron chi connectivity index (χ4n) is 1.16. The maximum atomic E-state index is 10.8. The van der Waals surface area contributed by atoms with Crippen molar-refractivity contribution < 1.29 is 8.42 Å². The van der Waals surface area contributed by atoms with Gasteiger partial charge in [0, 0.05) is 18.7 Å². The minimum atomic E-state index is -3.11. The highest BCUT2D eigenvalue weighted by atomic mass is 35.5. The second-order valence-corrected chi connectivity index (χ2v) is 5.78. The van der Waals surface area contributed by atoms with Gasteiger partial charge in [0.1, 0.15) is 17.3 Å². The fraction of sp³-hybridized carbons (Fsp3) is 0.556. The van der Waals surface area contributed by atoms with Crippen LogP contribution in [0.5, 0.6) is 0 Å². The van der Waals surface area contributed by atoms with Crippen LogP contribution >= 0.6 is 11.6 Å². The molecule has 0 unspecified atom stereocenters. The van der Waals surface area contributed by atoms with E-state index in [0.29, 0.717) is 30.5 Å². The van der Waals surface area contributed by atoms with Crippen molar-refractivity contribution >= 4 is 27.4 Å². The van der Waals surface area contributed by atoms with Crippen molar-refractivity contribution in [3.05, 3.63) is 17.0 Å². The summed E-state index contributed by atoms with van der Waals surface area (Å²) in [5.74, 6) is 0.671. The predicted octanol–water partition coefficient (Wildman–Crippen LogP) is 0.790. The molecule has 1 rings (SSSR count). The smallest absolute Gasteiger partial charge is 0.208 e. The first-order valence-corrected chi connectivity index (χ1v) is 7.32. The maximum Gasteiger partial charge on any atom is 0.208 e. The Balaban J connectivity index is 2.34. The van der Waals surface area contributed by atoms with E-state index < -0.39 is 10.0 Å². The number of hydrogen-bond donors (Lipinski definition) is 2. The number of anilines is 1. The third kappa shape index (κ3) is 5.29. The van der Waals surface area contributed by atoms with Gasteiger partial charge in [0.25, 0.3) is 0 Å². The average molecular weight is 279 g/mol. The monoisotopic (exact) mass is 278 g/mol. The summed E-state index contributed by atoms with van der Waals surface area (Å²) in [5.41, 5.74) is 0.783. The molecule has 0 spiro atoms. The first-order chi connectivity index (χ1) is 7.90. The van der Waals surface area contributed by atoms with Gasteiger partial charge in [-0.25, -0.2) is 23.1 Å². The zero-order valence-electron chi connectivity index (χ0n) is 9.70. The number of nitrogens with zero attached hydrogens (tertiary/aromatic N) is 2. The maximum absolute atomic E-state index is 10.8. The SMILES string of the molecule is Cc1c(Cl)ncnc1NCCCNS(C)(=O)=O. The molecule has 0 amide bonds. The summed E-state index contributed by atoms with van der Waals surface area (Å²) >= 11 is 5.83. The van der Waals surface area contributed by atoms with Crippen LogP contribution in [0.4, 0.5) is 5.82 Å². The molecule has 0 saturated carbocycles. The quantitative estimate of drug-likeness (QED) is 0.594. The Bertz CT molecular complexity index is 478. The molecule has 0 atom stereocenters. The molecule has 6 nitrogen and oxygen atoms in total. The van der Waals surface area contributed by atoms with E-state index in [0.717, 1.165) is 11.8 Å². The minimum Gasteiger partial charge on any atom is -0.370 e. The lowest BCUT2D eigenvalue weighted by Gasteiger charge is -2.08. The number of hydrogen-bond acceptors (Lipinski definition) is 5. The standard InChI is InChI=1S/C9H15ClN4O2S/c1-7-8(10)12-6-13-9(7)11-4-3-5-14-17(2,15)16/h6,14H,3-5H2,1-2H3,(H,11,12,13). The average Bonchev–Trinajstić information content (AvgIpc) is 2.22. The minimum absolute atomic E-state index is 0.393. The molecule has 17 heavy (non-hydrogen) atoms. The number of rotatable bonds is 6. The van der Waals surface area contributed by atoms with Gasteiger partial charge in [-0.15, -0.1) is 0 Å². The third-order valence-corrected chi connectivity index (χ3v) is 3.14. The van der Waals surface area contributed by atoms with Crippen molar-refractivity contribution in [2.45, 2.75) is 13.3 Å². The summed E-state index contributed by atoms with van der Waals surface area (Å²) in [6.45, 7) is 2.82. The highest BCUT2D eigenvalue weighted by molar-refractivity contribution is 7.88. The molecule has 0 aliphatic rings. The second kappa shape index (κ2) is 6.13. The summed E-state index contributed by atoms with van der Waals surface area (Å²) < 4.78 is 24.0. The third-order valence-electron chi connectivity index (χ3n) is 2.03. The van der Waals surface area contributed by atoms with Crippen LogP contribution in [0.3, 0.4) is 0 Å². The van der Waals surface area contributed by atoms with Gasteiger partial charge in [-0.05, 0) is 13.3 Å². The van der Waals surface area contributed by atoms with Gasteiger partial charge >= 0.3 is 0 Å². The van der Waals surface area contributed by atoms with Gasteiger partial charge in [-0.3, -0.25) is 0 Å². The van der Waals surface area contributed by atoms with E-state index in [1.54, 1.807) is 0 Å². The van der Waals surface area contributed by atoms with Crippen molar-refractivity contribution in [1.29, 1.82) is 0 Å². The first-order valence-electron chi connectivity index (χ1n) is 5.06. The molecule has 0 radical (unpaired) electrons. The zero-order chi connectivity index (χ0) is 12.9. The van der Waals surface area contributed by atoms with Crippen LogP contribution in [-0.4, -0.2) is 37.7 Å². The Hall–Kier alpha value is -0.920. The molecule has 0 aliphatic heterocycles. The van der Waals surface area contributed by atoms with Crippen molar-refractivity contribution in [3.63, 3.8) is 0 Å². The van der Waals surface area contributed by atoms with Crippen LogP contribution in [-0.2, 0) is 10.0 Å². The molecule has 8 heteroatoms. The molecule has 0 bridgehead atoms. The van der Waals surface area contributed by atoms with Crippen LogP contribution in [0.2, 0.25) is 5.15 Å². The van der Waals surface area contributed by atoms with Crippen LogP contribution in [0.15, 0.2) is 6.33 Å². The van der Waals surface area contributed by atoms with Crippen LogP contribution in [0.25, 0.3) is 0 Å². The topological polar surface area (TPSA) is 84.0 Å². The summed E-state index contributed by atoms with van der Waals surface area (Å²) in [6, 6.07) is 0. The van der Waals surface area contributed by atoms with Gasteiger partial charge in [-0.1, -0.05) is 11.6 Å². The van der Waals surface area contributed by atoms with E-state index in [1.807, 2.05) is 6.92 Å². The van der Waals surface area contributed by atoms with Gasteiger partial charge in [-0.2, -0.15) is 0 Å². The highest BCUT2D eigenvalue weighted by Gasteiger charge is 2.04. The van der Waals surface area contributed by atoms with E-state index in [2.05, 4.69) is 20.0 Å². The van der Waals surface area contributed by atoms with Gasteiger partial charge < -0.3 is 5.32 Å². The molecule has 0 fully saturated rings. The Kier molecular flexibility index (Phi) is 5.10. The van der Waals surface area contributed by atoms with Crippen LogP contribution in [0, 0.1) is 6.92 Å². The summed E-state index contributed by atoms with van der Waals surface area (Å²) in [5, 5.41) is 3.48. The van der Waals surface area contributed by atoms with Crippen molar-refractivity contribution in [2.24, 2.45) is 0 Å². The normalized spacial score (nSPS) is 11.5. The number of sulfonamides is 1. The fourth-order valence-corrected chi connectivity index (χ4v) is 1.81. The summed E-state index contributed by atoms with van der Waals surface area (Å²) in [7, 11) is -3.11. The van der Waals surface area contributed by atoms with Crippen molar-refractivity contribution in [2.75, 3.05) is 24.7 Å². The van der Waals surface area contributed by atoms with E-state index in [9.17, 15) is 8.42 Å². The highest BCUT2D eigenvalue weighted by Crippen LogP contribution is 2.17. The molecule has 0 aliphatic carbocycles. The lowest BCUT2D eigenvalue weighted by molar-refractivity contribution is 0.586. The van der Waals surface area contributed by atoms with Gasteiger partial charge in [0.2, 0.25) is 10.0 Å². The lowest BCUT2D eigenvalue weighted by Crippen LogP contribution is -2.24. The van der Waals surface area contributed by atoms with E-state index >= 15 is 0 Å². The van der Waals surface area contributed by atoms with Gasteiger partial charge in [0.15, 0.2) is 0 Å². The molecule has 1 aromatic rings. The Morgan fingerprint density at radius 2 is 2.06 bits per heavy atom. The van der Waals surface area contributed by atoms with E-state index in [1.165, 1.54) is 6.33 Å². The lowest BCUT2D eigenvalue weighted by atomic mass is 10.3. The first kappa shape index (κ1) is 14.1. The molecular weight excluding hydrogens is 264 g/mol. The van der Waals surface area contributed by atoms with Crippen LogP contribution < -0.4 is 10.0 Å². The Morgan fingerprint density at radius 3 is 2.71 bits per heavy atom. The molecular formula is C9H15ClN4O2S. The van der Waals surface area contributed by atoms with E-state index in [4.69, 9.17) is 11.6 Å². The number of aromatic nitrogens is 2. The number of halogens is 1. The Morgan fingerprint density at radius 1 is 1.35 bits per heavy atom. The summed E-state index contributed by atoms with van der Waals surface area (Å²) in [4.78, 5) is 7.88. The molecule has 0 saturated heterocycles. The van der Waals surface area contributed by atoms with Crippen molar-refractivity contribution in [1.82, 2.24) is 14.7 Å². The zero-order valence-corrected chi connectivity index (χ0v) is 11.3. The predicted molar refractivity (Wildman–Crippen MR) is 67.7 cm³/mol. The van der Waals surface area contributed by atoms with E-state index in [-0.39, 0.29) is 0 Å². The van der Waals surface area contributed by atoms with Gasteiger partial charge in [0.05, 0.1) is 6.26 Å². The van der Waals surface area contributed by atoms with Crippen LogP contribution in [0.1, 0.15) is 12.0 Å². The van der Waals surface area contributed by atoms with Crippen molar-refractivity contribution in [3.8, 4) is 0 Å². The summed E-state index contributed by atoms with van der Waals surface area (Å²) in [6.07, 6.45) is 3.18. The molecule has 2 N–H and O–H groups in total. The largest absolute Gasteiger partial charge is 0.370 e. The molecule has 0 aromatic carbocycles. The molecule has 1 aromatic heterocycles. The molecule has 1 heterocycles. The number of nitrogens with one attached hydrogen (secondary N) is 2. The Labute approximate surface area is 106 Å². The second-order valence-electron chi connectivity index (χ2n) is 3.58. The molecule has 96 valence electrons.